The minimum Gasteiger partial charge on any atom is -0.350 e. The van der Waals surface area contributed by atoms with Crippen molar-refractivity contribution < 1.29 is 4.79 Å². The fraction of sp³-hybridized carbons (Fsp3) is 0.500. The summed E-state index contributed by atoms with van der Waals surface area (Å²) in [7, 11) is 0. The third-order valence-corrected chi connectivity index (χ3v) is 3.74. The maximum Gasteiger partial charge on any atom is 0.251 e. The monoisotopic (exact) mass is 297 g/mol. The van der Waals surface area contributed by atoms with Gasteiger partial charge in [-0.05, 0) is 38.0 Å². The summed E-state index contributed by atoms with van der Waals surface area (Å²) in [6.45, 7) is 6.17. The van der Waals surface area contributed by atoms with Crippen LogP contribution < -0.4 is 5.32 Å². The van der Waals surface area contributed by atoms with Crippen molar-refractivity contribution in [1.82, 2.24) is 5.32 Å². The van der Waals surface area contributed by atoms with E-state index < -0.39 is 0 Å². The van der Waals surface area contributed by atoms with Crippen molar-refractivity contribution in [2.45, 2.75) is 46.1 Å². The fourth-order valence-corrected chi connectivity index (χ4v) is 2.10. The van der Waals surface area contributed by atoms with Gasteiger partial charge in [0.15, 0.2) is 0 Å². The molecule has 1 aromatic rings. The third-order valence-electron chi connectivity index (χ3n) is 2.88. The van der Waals surface area contributed by atoms with Crippen molar-refractivity contribution >= 4 is 21.8 Å². The molecule has 0 fully saturated rings. The van der Waals surface area contributed by atoms with Gasteiger partial charge < -0.3 is 5.32 Å². The highest BCUT2D eigenvalue weighted by Crippen LogP contribution is 2.19. The number of rotatable bonds is 5. The molecule has 1 aromatic carbocycles. The normalized spacial score (nSPS) is 12.2. The lowest BCUT2D eigenvalue weighted by Crippen LogP contribution is -2.32. The number of benzene rings is 1. The molecule has 0 aliphatic heterocycles. The van der Waals surface area contributed by atoms with Gasteiger partial charge in [0, 0.05) is 16.1 Å². The highest BCUT2D eigenvalue weighted by atomic mass is 79.9. The molecule has 94 valence electrons. The Hall–Kier alpha value is -0.830. The van der Waals surface area contributed by atoms with Crippen LogP contribution in [0, 0.1) is 6.92 Å². The predicted octanol–water partition coefficient (Wildman–Crippen LogP) is 4.07. The summed E-state index contributed by atoms with van der Waals surface area (Å²) in [4.78, 5) is 12.1. The van der Waals surface area contributed by atoms with E-state index in [-0.39, 0.29) is 11.9 Å². The van der Waals surface area contributed by atoms with Crippen LogP contribution in [0.1, 0.15) is 49.0 Å². The summed E-state index contributed by atoms with van der Waals surface area (Å²) >= 11 is 3.44. The maximum absolute atomic E-state index is 12.1. The van der Waals surface area contributed by atoms with Crippen molar-refractivity contribution in [3.05, 3.63) is 33.8 Å². The number of amides is 1. The molecule has 1 amide bonds. The SMILES string of the molecule is CCCCC(C)NC(=O)c1cccc(Br)c1C. The van der Waals surface area contributed by atoms with E-state index in [0.717, 1.165) is 34.9 Å². The summed E-state index contributed by atoms with van der Waals surface area (Å²) in [5.74, 6) is 0.0207. The van der Waals surface area contributed by atoms with Gasteiger partial charge in [-0.3, -0.25) is 4.79 Å². The minimum absolute atomic E-state index is 0.0207. The summed E-state index contributed by atoms with van der Waals surface area (Å²) in [6, 6.07) is 5.94. The summed E-state index contributed by atoms with van der Waals surface area (Å²) < 4.78 is 0.978. The molecule has 0 heterocycles. The van der Waals surface area contributed by atoms with Crippen LogP contribution >= 0.6 is 15.9 Å². The second-order valence-corrected chi connectivity index (χ2v) is 5.28. The third kappa shape index (κ3) is 4.15. The Labute approximate surface area is 112 Å². The van der Waals surface area contributed by atoms with Gasteiger partial charge in [0.05, 0.1) is 0 Å². The summed E-state index contributed by atoms with van der Waals surface area (Å²) in [5, 5.41) is 3.04. The zero-order chi connectivity index (χ0) is 12.8. The molecule has 0 aliphatic rings. The van der Waals surface area contributed by atoms with Crippen LogP contribution in [0.3, 0.4) is 0 Å². The molecule has 0 aliphatic carbocycles. The van der Waals surface area contributed by atoms with Gasteiger partial charge in [-0.2, -0.15) is 0 Å². The second kappa shape index (κ2) is 6.80. The lowest BCUT2D eigenvalue weighted by Gasteiger charge is -2.14. The van der Waals surface area contributed by atoms with E-state index in [1.54, 1.807) is 0 Å². The molecule has 1 atom stereocenters. The molecule has 0 spiro atoms. The Balaban J connectivity index is 2.67. The van der Waals surface area contributed by atoms with Crippen molar-refractivity contribution in [2.24, 2.45) is 0 Å². The van der Waals surface area contributed by atoms with E-state index in [2.05, 4.69) is 35.1 Å². The van der Waals surface area contributed by atoms with E-state index in [4.69, 9.17) is 0 Å². The lowest BCUT2D eigenvalue weighted by molar-refractivity contribution is 0.0937. The highest BCUT2D eigenvalue weighted by molar-refractivity contribution is 9.10. The first kappa shape index (κ1) is 14.2. The van der Waals surface area contributed by atoms with Crippen LogP contribution in [0.25, 0.3) is 0 Å². The van der Waals surface area contributed by atoms with Gasteiger partial charge in [0.2, 0.25) is 0 Å². The van der Waals surface area contributed by atoms with Crippen molar-refractivity contribution in [3.8, 4) is 0 Å². The van der Waals surface area contributed by atoms with Gasteiger partial charge in [0.25, 0.3) is 5.91 Å². The number of hydrogen-bond donors (Lipinski definition) is 1. The molecule has 3 heteroatoms. The molecule has 1 unspecified atom stereocenters. The van der Waals surface area contributed by atoms with Gasteiger partial charge in [0.1, 0.15) is 0 Å². The average Bonchev–Trinajstić information content (AvgIpc) is 2.29. The van der Waals surface area contributed by atoms with Crippen LogP contribution in [0.2, 0.25) is 0 Å². The molecular weight excluding hydrogens is 278 g/mol. The number of nitrogens with one attached hydrogen (secondary N) is 1. The minimum atomic E-state index is 0.0207. The van der Waals surface area contributed by atoms with Gasteiger partial charge >= 0.3 is 0 Å². The number of halogens is 1. The molecule has 0 saturated heterocycles. The van der Waals surface area contributed by atoms with E-state index in [0.29, 0.717) is 0 Å². The van der Waals surface area contributed by atoms with E-state index in [1.165, 1.54) is 0 Å². The Morgan fingerprint density at radius 1 is 1.47 bits per heavy atom. The Morgan fingerprint density at radius 2 is 2.18 bits per heavy atom. The predicted molar refractivity (Wildman–Crippen MR) is 75.3 cm³/mol. The van der Waals surface area contributed by atoms with Crippen LogP contribution in [0.4, 0.5) is 0 Å². The van der Waals surface area contributed by atoms with Crippen LogP contribution in [0.5, 0.6) is 0 Å². The van der Waals surface area contributed by atoms with Gasteiger partial charge in [-0.25, -0.2) is 0 Å². The average molecular weight is 298 g/mol. The molecule has 0 bridgehead atoms. The fourth-order valence-electron chi connectivity index (χ4n) is 1.74. The molecular formula is C14H20BrNO. The smallest absolute Gasteiger partial charge is 0.251 e. The van der Waals surface area contributed by atoms with Crippen LogP contribution in [-0.4, -0.2) is 11.9 Å². The van der Waals surface area contributed by atoms with Gasteiger partial charge in [-0.15, -0.1) is 0 Å². The highest BCUT2D eigenvalue weighted by Gasteiger charge is 2.12. The quantitative estimate of drug-likeness (QED) is 0.872. The standard InChI is InChI=1S/C14H20BrNO/c1-4-5-7-10(2)16-14(17)12-8-6-9-13(15)11(12)3/h6,8-10H,4-5,7H2,1-3H3,(H,16,17). The molecule has 17 heavy (non-hydrogen) atoms. The number of carbonyl (C=O) groups excluding carboxylic acids is 1. The Kier molecular flexibility index (Phi) is 5.69. The first-order chi connectivity index (χ1) is 8.06. The van der Waals surface area contributed by atoms with Crippen LogP contribution in [-0.2, 0) is 0 Å². The zero-order valence-corrected chi connectivity index (χ0v) is 12.3. The molecule has 2 nitrogen and oxygen atoms in total. The van der Waals surface area contributed by atoms with E-state index in [1.807, 2.05) is 25.1 Å². The Morgan fingerprint density at radius 3 is 2.82 bits per heavy atom. The first-order valence-corrected chi connectivity index (χ1v) is 6.91. The van der Waals surface area contributed by atoms with E-state index >= 15 is 0 Å². The maximum atomic E-state index is 12.1. The Bertz CT molecular complexity index is 390. The molecule has 1 rings (SSSR count). The summed E-state index contributed by atoms with van der Waals surface area (Å²) in [6.07, 6.45) is 3.35. The molecule has 0 aromatic heterocycles. The largest absolute Gasteiger partial charge is 0.350 e. The van der Waals surface area contributed by atoms with Crippen LogP contribution in [0.15, 0.2) is 22.7 Å². The zero-order valence-electron chi connectivity index (χ0n) is 10.7. The lowest BCUT2D eigenvalue weighted by atomic mass is 10.1. The summed E-state index contributed by atoms with van der Waals surface area (Å²) in [5.41, 5.74) is 1.75. The van der Waals surface area contributed by atoms with Gasteiger partial charge in [-0.1, -0.05) is 41.8 Å². The molecule has 1 N–H and O–H groups in total. The second-order valence-electron chi connectivity index (χ2n) is 4.43. The topological polar surface area (TPSA) is 29.1 Å². The first-order valence-electron chi connectivity index (χ1n) is 6.12. The van der Waals surface area contributed by atoms with Crippen molar-refractivity contribution in [3.63, 3.8) is 0 Å². The number of hydrogen-bond acceptors (Lipinski definition) is 1. The van der Waals surface area contributed by atoms with E-state index in [9.17, 15) is 4.79 Å². The molecule has 0 radical (unpaired) electrons. The van der Waals surface area contributed by atoms with Crippen molar-refractivity contribution in [2.75, 3.05) is 0 Å². The van der Waals surface area contributed by atoms with Crippen molar-refractivity contribution in [1.29, 1.82) is 0 Å². The number of unbranched alkanes of at least 4 members (excludes halogenated alkanes) is 1. The molecule has 0 saturated carbocycles. The number of carbonyl (C=O) groups is 1.